The lowest BCUT2D eigenvalue weighted by molar-refractivity contribution is -0.214. The third-order valence-corrected chi connectivity index (χ3v) is 12.5. The fourth-order valence-electron chi connectivity index (χ4n) is 7.01. The Balaban J connectivity index is 1.16. The number of alkyl halides is 1. The Kier molecular flexibility index (Phi) is 8.20. The first-order valence-electron chi connectivity index (χ1n) is 15.6. The molecule has 11 atom stereocenters. The van der Waals surface area contributed by atoms with Crippen molar-refractivity contribution in [3.63, 3.8) is 0 Å². The summed E-state index contributed by atoms with van der Waals surface area (Å²) < 4.78 is 68.0. The van der Waals surface area contributed by atoms with Crippen LogP contribution in [0.3, 0.4) is 0 Å². The van der Waals surface area contributed by atoms with Crippen molar-refractivity contribution in [2.45, 2.75) is 74.5 Å². The first-order valence-corrected chi connectivity index (χ1v) is 20.8. The van der Waals surface area contributed by atoms with Gasteiger partial charge >= 0.3 is 13.4 Å². The number of hydrogen-bond acceptors (Lipinski definition) is 16. The van der Waals surface area contributed by atoms with Gasteiger partial charge in [0.05, 0.1) is 37.7 Å². The summed E-state index contributed by atoms with van der Waals surface area (Å²) in [5, 5.41) is 0. The highest BCUT2D eigenvalue weighted by Gasteiger charge is 2.69. The maximum atomic E-state index is 16.4. The smallest absolute Gasteiger partial charge is 0.325 e. The van der Waals surface area contributed by atoms with Crippen LogP contribution in [0.5, 0.6) is 5.88 Å². The number of ether oxygens (including phenoxy) is 4. The molecule has 4 aromatic heterocycles. The van der Waals surface area contributed by atoms with Crippen LogP contribution in [0.4, 0.5) is 4.39 Å². The third-order valence-electron chi connectivity index (χ3n) is 9.41. The summed E-state index contributed by atoms with van der Waals surface area (Å²) in [5.41, 5.74) is 0.722. The van der Waals surface area contributed by atoms with Crippen LogP contribution >= 0.6 is 13.4 Å². The van der Waals surface area contributed by atoms with Gasteiger partial charge in [0.15, 0.2) is 35.4 Å². The normalized spacial score (nSPS) is 41.0. The predicted molar refractivity (Wildman–Crippen MR) is 174 cm³/mol. The average Bonchev–Trinajstić information content (AvgIpc) is 3.88. The summed E-state index contributed by atoms with van der Waals surface area (Å²) in [6.45, 7) is -7.35. The molecule has 15 bridgehead atoms. The minimum Gasteiger partial charge on any atom is -0.472 e. The van der Waals surface area contributed by atoms with Gasteiger partial charge in [-0.25, -0.2) is 29.3 Å². The Bertz CT molecular complexity index is 2110. The molecule has 6 aliphatic rings. The van der Waals surface area contributed by atoms with Gasteiger partial charge in [-0.2, -0.15) is 4.98 Å². The number of allylic oxidation sites excluding steroid dienone is 1. The highest BCUT2D eigenvalue weighted by Crippen LogP contribution is 2.60. The number of rotatable bonds is 0. The number of aryl methyl sites for hydroxylation is 1. The number of imidazole rings is 2. The summed E-state index contributed by atoms with van der Waals surface area (Å²) in [5.74, 6) is 0.176. The molecule has 6 aliphatic heterocycles. The molecule has 0 aromatic carbocycles. The van der Waals surface area contributed by atoms with E-state index in [1.54, 1.807) is 17.8 Å². The lowest BCUT2D eigenvalue weighted by Gasteiger charge is -2.37. The third kappa shape index (κ3) is 5.46. The van der Waals surface area contributed by atoms with Gasteiger partial charge in [-0.1, -0.05) is 12.2 Å². The molecular weight excluding hydrogens is 741 g/mol. The molecule has 0 aliphatic carbocycles. The van der Waals surface area contributed by atoms with Gasteiger partial charge in [0.1, 0.15) is 54.8 Å². The lowest BCUT2D eigenvalue weighted by atomic mass is 9.94. The molecule has 1 spiro atoms. The topological polar surface area (TPSA) is 202 Å². The molecule has 10 rings (SSSR count). The van der Waals surface area contributed by atoms with Crippen LogP contribution in [0, 0.1) is 0 Å². The standard InChI is InChI=1S/C27H29FN8O10P2S2/c1-13-27-8-41-48(38,50)45-19-15-7-40-47(37,49)46-21(27)20(42-13)26(44-27)36-11-33-17-14(29-9-30-22(17)36)5-3-2-4-6-39-24-18-23(31-10-32-24)35(12-34-18)25(43-15)16(19)28/h2,4,9-13,15-16,19-21,25-26H,3,5-8H2,1H3,(H,37,49)(H,38,50)/b4-2+/t13-,15+,16+,19+,20+,21-,25+,26+,27?,47?,48?/m0/s1. The van der Waals surface area contributed by atoms with E-state index in [0.29, 0.717) is 29.7 Å². The van der Waals surface area contributed by atoms with Crippen molar-refractivity contribution in [3.8, 4) is 5.88 Å². The Labute approximate surface area is 292 Å². The molecule has 10 heterocycles. The molecule has 266 valence electrons. The molecule has 4 saturated heterocycles. The molecule has 23 heteroatoms. The number of halogens is 1. The van der Waals surface area contributed by atoms with E-state index in [1.165, 1.54) is 23.5 Å². The summed E-state index contributed by atoms with van der Waals surface area (Å²) >= 11 is 10.9. The second-order valence-electron chi connectivity index (χ2n) is 12.3. The molecule has 4 aromatic rings. The number of nitrogens with zero attached hydrogens (tertiary/aromatic N) is 8. The minimum atomic E-state index is -4.22. The number of aromatic nitrogens is 8. The van der Waals surface area contributed by atoms with Crippen LogP contribution in [0.25, 0.3) is 22.3 Å². The fraction of sp³-hybridized carbons (Fsp3) is 0.556. The van der Waals surface area contributed by atoms with Crippen molar-refractivity contribution in [1.82, 2.24) is 39.0 Å². The Morgan fingerprint density at radius 2 is 1.62 bits per heavy atom. The number of fused-ring (bicyclic) bond motifs is 10. The first kappa shape index (κ1) is 33.4. The molecule has 2 N–H and O–H groups in total. The zero-order valence-electron chi connectivity index (χ0n) is 25.9. The van der Waals surface area contributed by atoms with Gasteiger partial charge in [-0.3, -0.25) is 18.2 Å². The van der Waals surface area contributed by atoms with Gasteiger partial charge in [0, 0.05) is 0 Å². The van der Waals surface area contributed by atoms with Crippen LogP contribution in [0.15, 0.2) is 37.5 Å². The monoisotopic (exact) mass is 770 g/mol. The first-order chi connectivity index (χ1) is 24.0. The van der Waals surface area contributed by atoms with Gasteiger partial charge < -0.3 is 37.8 Å². The van der Waals surface area contributed by atoms with E-state index in [0.717, 1.165) is 0 Å². The van der Waals surface area contributed by atoms with E-state index in [9.17, 15) is 9.79 Å². The van der Waals surface area contributed by atoms with E-state index in [2.05, 4.69) is 29.9 Å². The molecule has 4 fully saturated rings. The van der Waals surface area contributed by atoms with Crippen LogP contribution in [0.1, 0.15) is 31.5 Å². The zero-order chi connectivity index (χ0) is 34.4. The summed E-state index contributed by atoms with van der Waals surface area (Å²) in [4.78, 5) is 49.1. The maximum Gasteiger partial charge on any atom is 0.325 e. The highest BCUT2D eigenvalue weighted by molar-refractivity contribution is 8.07. The number of hydrogen-bond donors (Lipinski definition) is 2. The predicted octanol–water partition coefficient (Wildman–Crippen LogP) is 2.09. The van der Waals surface area contributed by atoms with Crippen molar-refractivity contribution < 1.29 is 51.2 Å². The second kappa shape index (κ2) is 12.3. The molecular formula is C27H29FN8O10P2S2. The van der Waals surface area contributed by atoms with E-state index >= 15 is 4.39 Å². The average molecular weight is 771 g/mol. The SMILES string of the molecule is C[C@@H]1O[C@H]2[C@H]3OC14COP(O)(=S)O[C@H]1[C@@H](F)[C@@H](O[C@@H]1COP(O)(=S)O[C@@H]24)n1cnc2c(ncnc21)OC/C=C/CCc1ncnc2c1ncn23. The van der Waals surface area contributed by atoms with Crippen LogP contribution in [-0.2, 0) is 62.3 Å². The van der Waals surface area contributed by atoms with Gasteiger partial charge in [-0.05, 0) is 43.4 Å². The van der Waals surface area contributed by atoms with Gasteiger partial charge in [-0.15, -0.1) is 0 Å². The van der Waals surface area contributed by atoms with E-state index < -0.39 is 81.4 Å². The lowest BCUT2D eigenvalue weighted by Crippen LogP contribution is -2.50. The van der Waals surface area contributed by atoms with Crippen molar-refractivity contribution in [2.24, 2.45) is 0 Å². The second-order valence-corrected chi connectivity index (χ2v) is 17.9. The Morgan fingerprint density at radius 1 is 0.880 bits per heavy atom. The molecule has 18 nitrogen and oxygen atoms in total. The minimum absolute atomic E-state index is 0.172. The van der Waals surface area contributed by atoms with Crippen LogP contribution in [-0.4, -0.2) is 111 Å². The zero-order valence-corrected chi connectivity index (χ0v) is 29.4. The largest absolute Gasteiger partial charge is 0.472 e. The van der Waals surface area contributed by atoms with Gasteiger partial charge in [0.25, 0.3) is 0 Å². The molecule has 0 amide bonds. The summed E-state index contributed by atoms with van der Waals surface area (Å²) in [7, 11) is 0. The van der Waals surface area contributed by atoms with Crippen molar-refractivity contribution in [2.75, 3.05) is 19.8 Å². The van der Waals surface area contributed by atoms with Gasteiger partial charge in [0.2, 0.25) is 5.88 Å². The van der Waals surface area contributed by atoms with Crippen molar-refractivity contribution >= 4 is 59.4 Å². The summed E-state index contributed by atoms with van der Waals surface area (Å²) in [6.07, 6.45) is 0.893. The Hall–Kier alpha value is -2.49. The van der Waals surface area contributed by atoms with E-state index in [-0.39, 0.29) is 23.7 Å². The highest BCUT2D eigenvalue weighted by atomic mass is 32.5. The molecule has 0 radical (unpaired) electrons. The molecule has 50 heavy (non-hydrogen) atoms. The maximum absolute atomic E-state index is 16.4. The molecule has 0 saturated carbocycles. The quantitative estimate of drug-likeness (QED) is 0.194. The van der Waals surface area contributed by atoms with Crippen molar-refractivity contribution in [1.29, 1.82) is 0 Å². The summed E-state index contributed by atoms with van der Waals surface area (Å²) in [6, 6.07) is 0. The van der Waals surface area contributed by atoms with Crippen LogP contribution < -0.4 is 4.74 Å². The van der Waals surface area contributed by atoms with E-state index in [1.807, 2.05) is 12.2 Å². The molecule has 3 unspecified atom stereocenters. The van der Waals surface area contributed by atoms with Crippen LogP contribution in [0.2, 0.25) is 0 Å². The fourth-order valence-corrected chi connectivity index (χ4v) is 9.90. The van der Waals surface area contributed by atoms with Crippen molar-refractivity contribution in [3.05, 3.63) is 43.2 Å². The van der Waals surface area contributed by atoms with E-state index in [4.69, 9.17) is 60.7 Å². The Morgan fingerprint density at radius 3 is 2.46 bits per heavy atom.